The van der Waals surface area contributed by atoms with Gasteiger partial charge in [0.15, 0.2) is 5.79 Å². The number of hydrogen-bond acceptors (Lipinski definition) is 3. The number of nitrogens with two attached hydrogens (primary N) is 1. The molecule has 1 unspecified atom stereocenters. The fourth-order valence-corrected chi connectivity index (χ4v) is 2.34. The predicted molar refractivity (Wildman–Crippen MR) is 72.3 cm³/mol. The first-order valence-corrected chi connectivity index (χ1v) is 6.45. The Labute approximate surface area is 109 Å². The maximum absolute atomic E-state index is 6.12. The Morgan fingerprint density at radius 2 is 2.00 bits per heavy atom. The van der Waals surface area contributed by atoms with Gasteiger partial charge in [-0.3, -0.25) is 0 Å². The molecule has 1 aliphatic rings. The summed E-state index contributed by atoms with van der Waals surface area (Å²) in [5.41, 5.74) is 8.34. The van der Waals surface area contributed by atoms with Crippen molar-refractivity contribution in [1.82, 2.24) is 0 Å². The smallest absolute Gasteiger partial charge is 0.163 e. The van der Waals surface area contributed by atoms with Gasteiger partial charge in [0.05, 0.1) is 6.61 Å². The second-order valence-electron chi connectivity index (χ2n) is 6.18. The van der Waals surface area contributed by atoms with Gasteiger partial charge in [0.25, 0.3) is 0 Å². The third-order valence-corrected chi connectivity index (χ3v) is 3.06. The summed E-state index contributed by atoms with van der Waals surface area (Å²) in [6.07, 6.45) is 0.849. The van der Waals surface area contributed by atoms with Crippen LogP contribution in [0.3, 0.4) is 0 Å². The van der Waals surface area contributed by atoms with Crippen molar-refractivity contribution in [2.45, 2.75) is 51.5 Å². The van der Waals surface area contributed by atoms with E-state index in [2.05, 4.69) is 12.1 Å². The summed E-state index contributed by atoms with van der Waals surface area (Å²) >= 11 is 0. The average molecular weight is 249 g/mol. The van der Waals surface area contributed by atoms with Crippen LogP contribution in [0, 0.1) is 0 Å². The van der Waals surface area contributed by atoms with Crippen molar-refractivity contribution in [2.75, 3.05) is 6.61 Å². The molecule has 0 aliphatic carbocycles. The van der Waals surface area contributed by atoms with E-state index < -0.39 is 5.79 Å². The predicted octanol–water partition coefficient (Wildman–Crippen LogP) is 2.79. The van der Waals surface area contributed by atoms with E-state index in [-0.39, 0.29) is 11.6 Å². The van der Waals surface area contributed by atoms with Crippen LogP contribution in [-0.2, 0) is 15.9 Å². The van der Waals surface area contributed by atoms with Crippen LogP contribution in [0.5, 0.6) is 0 Å². The summed E-state index contributed by atoms with van der Waals surface area (Å²) in [6.45, 7) is 8.58. The van der Waals surface area contributed by atoms with E-state index in [9.17, 15) is 0 Å². The Morgan fingerprint density at radius 1 is 1.33 bits per heavy atom. The van der Waals surface area contributed by atoms with Gasteiger partial charge in [-0.15, -0.1) is 0 Å². The van der Waals surface area contributed by atoms with Crippen LogP contribution >= 0.6 is 0 Å². The van der Waals surface area contributed by atoms with E-state index in [0.29, 0.717) is 6.61 Å². The number of benzene rings is 1. The van der Waals surface area contributed by atoms with Gasteiger partial charge in [0.2, 0.25) is 0 Å². The highest BCUT2D eigenvalue weighted by Crippen LogP contribution is 2.34. The summed E-state index contributed by atoms with van der Waals surface area (Å²) in [5, 5.41) is 0. The lowest BCUT2D eigenvalue weighted by Crippen LogP contribution is -2.35. The van der Waals surface area contributed by atoms with Crippen LogP contribution in [-0.4, -0.2) is 17.9 Å². The molecule has 3 heteroatoms. The van der Waals surface area contributed by atoms with Crippen LogP contribution in [0.25, 0.3) is 0 Å². The highest BCUT2D eigenvalue weighted by Gasteiger charge is 2.34. The molecule has 0 radical (unpaired) electrons. The van der Waals surface area contributed by atoms with E-state index >= 15 is 0 Å². The van der Waals surface area contributed by atoms with Crippen molar-refractivity contribution < 1.29 is 9.47 Å². The molecule has 1 atom stereocenters. The maximum atomic E-state index is 6.12. The van der Waals surface area contributed by atoms with E-state index in [1.165, 1.54) is 11.1 Å². The number of ether oxygens (including phenoxy) is 2. The molecule has 100 valence electrons. The highest BCUT2D eigenvalue weighted by atomic mass is 16.7. The first-order valence-electron chi connectivity index (χ1n) is 6.45. The minimum absolute atomic E-state index is 0.0125. The SMILES string of the molecule is CC(C)(N)Cc1ccccc1C1COC(C)(C)O1. The lowest BCUT2D eigenvalue weighted by atomic mass is 9.91. The Hall–Kier alpha value is -0.900. The molecule has 0 saturated carbocycles. The van der Waals surface area contributed by atoms with E-state index in [0.717, 1.165) is 6.42 Å². The molecule has 2 rings (SSSR count). The first kappa shape index (κ1) is 13.5. The fourth-order valence-electron chi connectivity index (χ4n) is 2.34. The molecule has 1 fully saturated rings. The second-order valence-corrected chi connectivity index (χ2v) is 6.18. The number of rotatable bonds is 3. The molecular formula is C15H23NO2. The van der Waals surface area contributed by atoms with Crippen LogP contribution < -0.4 is 5.73 Å². The standard InChI is InChI=1S/C15H23NO2/c1-14(2,16)9-11-7-5-6-8-12(11)13-10-17-15(3,4)18-13/h5-8,13H,9-10,16H2,1-4H3. The fraction of sp³-hybridized carbons (Fsp3) is 0.600. The van der Waals surface area contributed by atoms with Crippen molar-refractivity contribution >= 4 is 0 Å². The molecule has 1 aromatic carbocycles. The van der Waals surface area contributed by atoms with Crippen LogP contribution in [0.15, 0.2) is 24.3 Å². The summed E-state index contributed by atoms with van der Waals surface area (Å²) in [7, 11) is 0. The third kappa shape index (κ3) is 3.31. The molecule has 3 nitrogen and oxygen atoms in total. The maximum Gasteiger partial charge on any atom is 0.163 e. The van der Waals surface area contributed by atoms with Gasteiger partial charge in [-0.2, -0.15) is 0 Å². The Balaban J connectivity index is 2.23. The molecular weight excluding hydrogens is 226 g/mol. The van der Waals surface area contributed by atoms with Crippen LogP contribution in [0.1, 0.15) is 44.9 Å². The summed E-state index contributed by atoms with van der Waals surface area (Å²) in [4.78, 5) is 0. The molecule has 1 heterocycles. The number of hydrogen-bond donors (Lipinski definition) is 1. The Bertz CT molecular complexity index is 421. The molecule has 0 aromatic heterocycles. The second kappa shape index (κ2) is 4.65. The summed E-state index contributed by atoms with van der Waals surface area (Å²) in [6, 6.07) is 8.32. The third-order valence-electron chi connectivity index (χ3n) is 3.06. The van der Waals surface area contributed by atoms with Gasteiger partial charge in [0, 0.05) is 5.54 Å². The molecule has 18 heavy (non-hydrogen) atoms. The zero-order valence-electron chi connectivity index (χ0n) is 11.7. The molecule has 2 N–H and O–H groups in total. The van der Waals surface area contributed by atoms with Gasteiger partial charge in [-0.25, -0.2) is 0 Å². The van der Waals surface area contributed by atoms with E-state index in [1.54, 1.807) is 0 Å². The molecule has 0 amide bonds. The molecule has 1 saturated heterocycles. The van der Waals surface area contributed by atoms with Crippen LogP contribution in [0.4, 0.5) is 0 Å². The quantitative estimate of drug-likeness (QED) is 0.896. The highest BCUT2D eigenvalue weighted by molar-refractivity contribution is 5.31. The molecule has 1 aromatic rings. The minimum Gasteiger partial charge on any atom is -0.347 e. The normalized spacial score (nSPS) is 23.3. The summed E-state index contributed by atoms with van der Waals surface area (Å²) < 4.78 is 11.6. The van der Waals surface area contributed by atoms with Crippen molar-refractivity contribution in [3.63, 3.8) is 0 Å². The van der Waals surface area contributed by atoms with Crippen molar-refractivity contribution in [1.29, 1.82) is 0 Å². The molecule has 1 aliphatic heterocycles. The van der Waals surface area contributed by atoms with Crippen molar-refractivity contribution in [3.05, 3.63) is 35.4 Å². The van der Waals surface area contributed by atoms with Crippen LogP contribution in [0.2, 0.25) is 0 Å². The van der Waals surface area contributed by atoms with Crippen molar-refractivity contribution in [2.24, 2.45) is 5.73 Å². The lowest BCUT2D eigenvalue weighted by Gasteiger charge is -2.23. The Morgan fingerprint density at radius 3 is 2.56 bits per heavy atom. The summed E-state index contributed by atoms with van der Waals surface area (Å²) in [5.74, 6) is -0.490. The van der Waals surface area contributed by atoms with Crippen molar-refractivity contribution in [3.8, 4) is 0 Å². The van der Waals surface area contributed by atoms with Gasteiger partial charge in [0.1, 0.15) is 6.10 Å². The average Bonchev–Trinajstić information content (AvgIpc) is 2.57. The van der Waals surface area contributed by atoms with E-state index in [4.69, 9.17) is 15.2 Å². The minimum atomic E-state index is -0.490. The molecule has 0 bridgehead atoms. The van der Waals surface area contributed by atoms with E-state index in [1.807, 2.05) is 39.8 Å². The van der Waals surface area contributed by atoms with Gasteiger partial charge in [-0.05, 0) is 45.2 Å². The van der Waals surface area contributed by atoms with Gasteiger partial charge >= 0.3 is 0 Å². The Kier molecular flexibility index (Phi) is 3.49. The largest absolute Gasteiger partial charge is 0.347 e. The van der Waals surface area contributed by atoms with Gasteiger partial charge < -0.3 is 15.2 Å². The first-order chi connectivity index (χ1) is 8.27. The zero-order valence-corrected chi connectivity index (χ0v) is 11.7. The molecule has 0 spiro atoms. The topological polar surface area (TPSA) is 44.5 Å². The monoisotopic (exact) mass is 249 g/mol. The lowest BCUT2D eigenvalue weighted by molar-refractivity contribution is -0.139. The van der Waals surface area contributed by atoms with Gasteiger partial charge in [-0.1, -0.05) is 24.3 Å². The zero-order chi connectivity index (χ0) is 13.4.